The number of thiophene rings is 1. The summed E-state index contributed by atoms with van der Waals surface area (Å²) >= 11 is 5.10. The lowest BCUT2D eigenvalue weighted by atomic mass is 10.2. The maximum Gasteiger partial charge on any atom is 0.242 e. The molecule has 96 valence electrons. The van der Waals surface area contributed by atoms with E-state index in [0.717, 1.165) is 25.4 Å². The van der Waals surface area contributed by atoms with E-state index in [1.807, 2.05) is 43.3 Å². The molecule has 5 heteroatoms. The molecule has 19 heavy (non-hydrogen) atoms. The Labute approximate surface area is 123 Å². The molecule has 0 aliphatic rings. The number of halogens is 1. The fourth-order valence-electron chi connectivity index (χ4n) is 1.82. The lowest BCUT2D eigenvalue weighted by Crippen LogP contribution is -1.99. The van der Waals surface area contributed by atoms with Crippen LogP contribution >= 0.6 is 27.3 Å². The predicted octanol–water partition coefficient (Wildman–Crippen LogP) is 4.52. The molecular formula is C14H11BrN2OS. The van der Waals surface area contributed by atoms with Gasteiger partial charge in [-0.25, -0.2) is 9.97 Å². The first kappa shape index (κ1) is 12.6. The maximum atomic E-state index is 5.63. The van der Waals surface area contributed by atoms with Crippen molar-refractivity contribution >= 4 is 38.3 Å². The number of hydrogen-bond acceptors (Lipinski definition) is 4. The second kappa shape index (κ2) is 5.27. The largest absolute Gasteiger partial charge is 0.476 e. The van der Waals surface area contributed by atoms with Crippen LogP contribution in [0.1, 0.15) is 6.92 Å². The normalized spacial score (nSPS) is 10.8. The smallest absolute Gasteiger partial charge is 0.242 e. The third kappa shape index (κ3) is 2.48. The second-order valence-electron chi connectivity index (χ2n) is 3.90. The molecule has 3 aromatic rings. The van der Waals surface area contributed by atoms with Crippen molar-refractivity contribution in [2.24, 2.45) is 0 Å². The number of aromatic nitrogens is 2. The Morgan fingerprint density at radius 2 is 1.84 bits per heavy atom. The van der Waals surface area contributed by atoms with Crippen LogP contribution in [0.4, 0.5) is 0 Å². The predicted molar refractivity (Wildman–Crippen MR) is 81.7 cm³/mol. The van der Waals surface area contributed by atoms with Gasteiger partial charge < -0.3 is 4.74 Å². The minimum Gasteiger partial charge on any atom is -0.476 e. The molecule has 0 bridgehead atoms. The Bertz CT molecular complexity index is 726. The Morgan fingerprint density at radius 3 is 2.47 bits per heavy atom. The van der Waals surface area contributed by atoms with Gasteiger partial charge in [0.05, 0.1) is 26.3 Å². The number of fused-ring (bicyclic) bond motifs is 1. The lowest BCUT2D eigenvalue weighted by Gasteiger charge is -2.08. The zero-order valence-corrected chi connectivity index (χ0v) is 12.7. The van der Waals surface area contributed by atoms with Crippen molar-refractivity contribution in [3.63, 3.8) is 0 Å². The maximum absolute atomic E-state index is 5.63. The zero-order chi connectivity index (χ0) is 13.2. The quantitative estimate of drug-likeness (QED) is 0.706. The summed E-state index contributed by atoms with van der Waals surface area (Å²) in [6, 6.07) is 11.9. The van der Waals surface area contributed by atoms with Crippen molar-refractivity contribution in [3.05, 3.63) is 40.2 Å². The molecular weight excluding hydrogens is 324 g/mol. The van der Waals surface area contributed by atoms with Gasteiger partial charge in [0.15, 0.2) is 0 Å². The van der Waals surface area contributed by atoms with Crippen LogP contribution in [-0.4, -0.2) is 16.6 Å². The van der Waals surface area contributed by atoms with E-state index in [1.165, 1.54) is 0 Å². The summed E-state index contributed by atoms with van der Waals surface area (Å²) in [5, 5.41) is 0. The first-order chi connectivity index (χ1) is 9.28. The van der Waals surface area contributed by atoms with E-state index >= 15 is 0 Å². The van der Waals surface area contributed by atoms with E-state index in [9.17, 15) is 0 Å². The van der Waals surface area contributed by atoms with Crippen LogP contribution in [0.3, 0.4) is 0 Å². The zero-order valence-electron chi connectivity index (χ0n) is 10.3. The number of para-hydroxylation sites is 2. The molecule has 0 radical (unpaired) electrons. The van der Waals surface area contributed by atoms with Crippen molar-refractivity contribution in [3.8, 4) is 16.5 Å². The number of benzene rings is 1. The van der Waals surface area contributed by atoms with Gasteiger partial charge in [-0.05, 0) is 47.1 Å². The van der Waals surface area contributed by atoms with E-state index in [1.54, 1.807) is 11.3 Å². The SMILES string of the molecule is CCOc1nc2ccccc2nc1-c1ccc(Br)s1. The van der Waals surface area contributed by atoms with Crippen molar-refractivity contribution in [1.29, 1.82) is 0 Å². The minimum absolute atomic E-state index is 0.576. The number of ether oxygens (including phenoxy) is 1. The molecule has 2 heterocycles. The van der Waals surface area contributed by atoms with Gasteiger partial charge in [-0.3, -0.25) is 0 Å². The Morgan fingerprint density at radius 1 is 1.11 bits per heavy atom. The van der Waals surface area contributed by atoms with Crippen LogP contribution in [0.5, 0.6) is 5.88 Å². The van der Waals surface area contributed by atoms with E-state index in [-0.39, 0.29) is 0 Å². The molecule has 0 N–H and O–H groups in total. The molecule has 3 nitrogen and oxygen atoms in total. The third-order valence-electron chi connectivity index (χ3n) is 2.63. The summed E-state index contributed by atoms with van der Waals surface area (Å²) in [6.45, 7) is 2.53. The Balaban J connectivity index is 2.22. The minimum atomic E-state index is 0.576. The molecule has 0 aliphatic heterocycles. The highest BCUT2D eigenvalue weighted by Gasteiger charge is 2.13. The van der Waals surface area contributed by atoms with Gasteiger partial charge in [-0.1, -0.05) is 12.1 Å². The molecule has 0 spiro atoms. The standard InChI is InChI=1S/C14H11BrN2OS/c1-2-18-14-13(11-7-8-12(15)19-11)16-9-5-3-4-6-10(9)17-14/h3-8H,2H2,1H3. The highest BCUT2D eigenvalue weighted by molar-refractivity contribution is 9.11. The third-order valence-corrected chi connectivity index (χ3v) is 4.26. The summed E-state index contributed by atoms with van der Waals surface area (Å²) in [5.74, 6) is 0.593. The first-order valence-corrected chi connectivity index (χ1v) is 7.54. The highest BCUT2D eigenvalue weighted by atomic mass is 79.9. The average molecular weight is 335 g/mol. The van der Waals surface area contributed by atoms with Crippen LogP contribution in [-0.2, 0) is 0 Å². The summed E-state index contributed by atoms with van der Waals surface area (Å²) in [4.78, 5) is 10.3. The van der Waals surface area contributed by atoms with Gasteiger partial charge in [0.2, 0.25) is 5.88 Å². The second-order valence-corrected chi connectivity index (χ2v) is 6.37. The van der Waals surface area contributed by atoms with E-state index in [0.29, 0.717) is 12.5 Å². The molecule has 0 amide bonds. The summed E-state index contributed by atoms with van der Waals surface area (Å²) in [5.41, 5.74) is 2.53. The fourth-order valence-corrected chi connectivity index (χ4v) is 3.19. The lowest BCUT2D eigenvalue weighted by molar-refractivity contribution is 0.328. The van der Waals surface area contributed by atoms with Crippen LogP contribution < -0.4 is 4.74 Å². The van der Waals surface area contributed by atoms with Crippen molar-refractivity contribution in [2.75, 3.05) is 6.61 Å². The van der Waals surface area contributed by atoms with E-state index < -0.39 is 0 Å². The first-order valence-electron chi connectivity index (χ1n) is 5.93. The van der Waals surface area contributed by atoms with E-state index in [4.69, 9.17) is 4.74 Å². The van der Waals surface area contributed by atoms with Gasteiger partial charge in [0.1, 0.15) is 5.69 Å². The van der Waals surface area contributed by atoms with Crippen LogP contribution in [0.2, 0.25) is 0 Å². The Kier molecular flexibility index (Phi) is 3.48. The van der Waals surface area contributed by atoms with Crippen LogP contribution in [0, 0.1) is 0 Å². The molecule has 0 atom stereocenters. The van der Waals surface area contributed by atoms with Gasteiger partial charge >= 0.3 is 0 Å². The summed E-state index contributed by atoms with van der Waals surface area (Å²) < 4.78 is 6.70. The highest BCUT2D eigenvalue weighted by Crippen LogP contribution is 2.35. The molecule has 2 aromatic heterocycles. The fraction of sp³-hybridized carbons (Fsp3) is 0.143. The van der Waals surface area contributed by atoms with Gasteiger partial charge in [-0.2, -0.15) is 0 Å². The topological polar surface area (TPSA) is 35.0 Å². The van der Waals surface area contributed by atoms with Crippen molar-refractivity contribution in [1.82, 2.24) is 9.97 Å². The van der Waals surface area contributed by atoms with Gasteiger partial charge in [-0.15, -0.1) is 11.3 Å². The van der Waals surface area contributed by atoms with Crippen LogP contribution in [0.15, 0.2) is 40.2 Å². The summed E-state index contributed by atoms with van der Waals surface area (Å²) in [7, 11) is 0. The summed E-state index contributed by atoms with van der Waals surface area (Å²) in [6.07, 6.45) is 0. The van der Waals surface area contributed by atoms with Gasteiger partial charge in [0.25, 0.3) is 0 Å². The van der Waals surface area contributed by atoms with Crippen molar-refractivity contribution in [2.45, 2.75) is 6.92 Å². The molecule has 0 saturated carbocycles. The molecule has 0 aliphatic carbocycles. The number of nitrogens with zero attached hydrogens (tertiary/aromatic N) is 2. The molecule has 3 rings (SSSR count). The molecule has 0 fully saturated rings. The Hall–Kier alpha value is -1.46. The number of hydrogen-bond donors (Lipinski definition) is 0. The van der Waals surface area contributed by atoms with E-state index in [2.05, 4.69) is 25.9 Å². The molecule has 0 saturated heterocycles. The van der Waals surface area contributed by atoms with Crippen LogP contribution in [0.25, 0.3) is 21.6 Å². The average Bonchev–Trinajstić information content (AvgIpc) is 2.85. The van der Waals surface area contributed by atoms with Gasteiger partial charge in [0, 0.05) is 0 Å². The molecule has 0 unspecified atom stereocenters. The number of rotatable bonds is 3. The van der Waals surface area contributed by atoms with Crippen molar-refractivity contribution < 1.29 is 4.74 Å². The monoisotopic (exact) mass is 334 g/mol. The molecule has 1 aromatic carbocycles.